The number of carbonyl (C=O) groups is 1. The summed E-state index contributed by atoms with van der Waals surface area (Å²) in [6.45, 7) is 0.616. The Morgan fingerprint density at radius 3 is 3.20 bits per heavy atom. The third-order valence-electron chi connectivity index (χ3n) is 1.73. The Morgan fingerprint density at radius 2 is 2.60 bits per heavy atom. The van der Waals surface area contributed by atoms with Gasteiger partial charge >= 0.3 is 0 Å². The van der Waals surface area contributed by atoms with E-state index in [1.165, 1.54) is 13.4 Å². The molecular formula is C8H14N4O3. The van der Waals surface area contributed by atoms with E-state index < -0.39 is 6.04 Å². The molecule has 0 spiro atoms. The van der Waals surface area contributed by atoms with Gasteiger partial charge < -0.3 is 20.3 Å². The zero-order valence-corrected chi connectivity index (χ0v) is 8.47. The van der Waals surface area contributed by atoms with Crippen LogP contribution >= 0.6 is 0 Å². The van der Waals surface area contributed by atoms with Gasteiger partial charge in [-0.15, -0.1) is 0 Å². The summed E-state index contributed by atoms with van der Waals surface area (Å²) in [5.74, 6) is 0.229. The molecule has 0 saturated heterocycles. The SMILES string of the molecule is COCC(N)C(=O)NCCc1ncno1. The summed E-state index contributed by atoms with van der Waals surface area (Å²) >= 11 is 0. The molecule has 1 atom stereocenters. The molecule has 0 aliphatic carbocycles. The van der Waals surface area contributed by atoms with Crippen molar-refractivity contribution in [1.82, 2.24) is 15.5 Å². The van der Waals surface area contributed by atoms with Crippen LogP contribution in [0.25, 0.3) is 0 Å². The summed E-state index contributed by atoms with van der Waals surface area (Å²) in [6.07, 6.45) is 1.80. The minimum Gasteiger partial charge on any atom is -0.383 e. The van der Waals surface area contributed by atoms with E-state index in [1.54, 1.807) is 0 Å². The summed E-state index contributed by atoms with van der Waals surface area (Å²) in [5, 5.41) is 6.07. The molecule has 84 valence electrons. The van der Waals surface area contributed by atoms with Crippen LogP contribution in [0.5, 0.6) is 0 Å². The lowest BCUT2D eigenvalue weighted by molar-refractivity contribution is -0.123. The van der Waals surface area contributed by atoms with Gasteiger partial charge in [-0.25, -0.2) is 0 Å². The van der Waals surface area contributed by atoms with Gasteiger partial charge in [0.25, 0.3) is 0 Å². The molecule has 0 saturated carbocycles. The maximum Gasteiger partial charge on any atom is 0.239 e. The van der Waals surface area contributed by atoms with E-state index in [2.05, 4.69) is 15.5 Å². The van der Waals surface area contributed by atoms with Crippen LogP contribution < -0.4 is 11.1 Å². The van der Waals surface area contributed by atoms with Crippen molar-refractivity contribution < 1.29 is 14.1 Å². The van der Waals surface area contributed by atoms with E-state index in [0.29, 0.717) is 18.9 Å². The Kier molecular flexibility index (Phi) is 4.72. The Labute approximate surface area is 87.0 Å². The zero-order valence-electron chi connectivity index (χ0n) is 8.47. The topological polar surface area (TPSA) is 103 Å². The summed E-state index contributed by atoms with van der Waals surface area (Å²) in [5.41, 5.74) is 5.50. The van der Waals surface area contributed by atoms with Crippen LogP contribution in [0.3, 0.4) is 0 Å². The molecule has 0 aliphatic heterocycles. The molecular weight excluding hydrogens is 200 g/mol. The molecule has 0 bridgehead atoms. The van der Waals surface area contributed by atoms with Gasteiger partial charge in [0.05, 0.1) is 6.61 Å². The molecule has 3 N–H and O–H groups in total. The minimum atomic E-state index is -0.641. The molecule has 0 fully saturated rings. The third-order valence-corrected chi connectivity index (χ3v) is 1.73. The van der Waals surface area contributed by atoms with Crippen LogP contribution in [0, 0.1) is 0 Å². The van der Waals surface area contributed by atoms with Crippen molar-refractivity contribution in [3.05, 3.63) is 12.2 Å². The Bertz CT molecular complexity index is 288. The third kappa shape index (κ3) is 4.05. The molecule has 1 aromatic heterocycles. The largest absolute Gasteiger partial charge is 0.383 e. The summed E-state index contributed by atoms with van der Waals surface area (Å²) in [7, 11) is 1.49. The molecule has 1 unspecified atom stereocenters. The number of nitrogens with one attached hydrogen (secondary N) is 1. The summed E-state index contributed by atoms with van der Waals surface area (Å²) in [4.78, 5) is 15.1. The van der Waals surface area contributed by atoms with Crippen LogP contribution in [0.1, 0.15) is 5.89 Å². The number of hydrogen-bond acceptors (Lipinski definition) is 6. The Hall–Kier alpha value is -1.47. The average molecular weight is 214 g/mol. The van der Waals surface area contributed by atoms with Crippen molar-refractivity contribution in [2.75, 3.05) is 20.3 Å². The van der Waals surface area contributed by atoms with Crippen LogP contribution in [0.2, 0.25) is 0 Å². The molecule has 0 aromatic carbocycles. The van der Waals surface area contributed by atoms with Gasteiger partial charge in [0.1, 0.15) is 6.04 Å². The summed E-state index contributed by atoms with van der Waals surface area (Å²) in [6, 6.07) is -0.641. The number of nitrogens with two attached hydrogens (primary N) is 1. The van der Waals surface area contributed by atoms with E-state index in [4.69, 9.17) is 15.0 Å². The molecule has 1 aromatic rings. The quantitative estimate of drug-likeness (QED) is 0.610. The van der Waals surface area contributed by atoms with Gasteiger partial charge in [0.2, 0.25) is 11.8 Å². The predicted octanol–water partition coefficient (Wildman–Crippen LogP) is -1.30. The zero-order chi connectivity index (χ0) is 11.1. The fourth-order valence-electron chi connectivity index (χ4n) is 0.985. The number of nitrogens with zero attached hydrogens (tertiary/aromatic N) is 2. The second-order valence-corrected chi connectivity index (χ2v) is 2.94. The lowest BCUT2D eigenvalue weighted by Crippen LogP contribution is -2.44. The predicted molar refractivity (Wildman–Crippen MR) is 50.9 cm³/mol. The molecule has 0 aliphatic rings. The number of rotatable bonds is 6. The number of aromatic nitrogens is 2. The molecule has 0 radical (unpaired) electrons. The van der Waals surface area contributed by atoms with Gasteiger partial charge in [0, 0.05) is 20.1 Å². The van der Waals surface area contributed by atoms with Crippen LogP contribution in [-0.2, 0) is 16.0 Å². The first kappa shape index (κ1) is 11.6. The van der Waals surface area contributed by atoms with Crippen LogP contribution in [0.4, 0.5) is 0 Å². The van der Waals surface area contributed by atoms with Crippen molar-refractivity contribution in [2.45, 2.75) is 12.5 Å². The van der Waals surface area contributed by atoms with Crippen molar-refractivity contribution in [2.24, 2.45) is 5.73 Å². The smallest absolute Gasteiger partial charge is 0.239 e. The van der Waals surface area contributed by atoms with E-state index in [0.717, 1.165) is 0 Å². The highest BCUT2D eigenvalue weighted by molar-refractivity contribution is 5.81. The molecule has 1 amide bonds. The normalized spacial score (nSPS) is 12.4. The number of hydrogen-bond donors (Lipinski definition) is 2. The van der Waals surface area contributed by atoms with Crippen molar-refractivity contribution in [1.29, 1.82) is 0 Å². The lowest BCUT2D eigenvalue weighted by atomic mass is 10.3. The van der Waals surface area contributed by atoms with Crippen LogP contribution in [-0.4, -0.2) is 42.4 Å². The minimum absolute atomic E-state index is 0.201. The second kappa shape index (κ2) is 6.10. The maximum atomic E-state index is 11.3. The highest BCUT2D eigenvalue weighted by atomic mass is 16.5. The number of carbonyl (C=O) groups excluding carboxylic acids is 1. The van der Waals surface area contributed by atoms with Gasteiger partial charge in [0.15, 0.2) is 6.33 Å². The number of amides is 1. The number of ether oxygens (including phenoxy) is 1. The van der Waals surface area contributed by atoms with Crippen molar-refractivity contribution in [3.8, 4) is 0 Å². The second-order valence-electron chi connectivity index (χ2n) is 2.94. The molecule has 1 rings (SSSR count). The van der Waals surface area contributed by atoms with E-state index in [9.17, 15) is 4.79 Å². The monoisotopic (exact) mass is 214 g/mol. The van der Waals surface area contributed by atoms with Crippen molar-refractivity contribution in [3.63, 3.8) is 0 Å². The fourth-order valence-corrected chi connectivity index (χ4v) is 0.985. The van der Waals surface area contributed by atoms with Gasteiger partial charge in [-0.2, -0.15) is 4.98 Å². The average Bonchev–Trinajstić information content (AvgIpc) is 2.71. The number of methoxy groups -OCH3 is 1. The van der Waals surface area contributed by atoms with Gasteiger partial charge in [-0.3, -0.25) is 4.79 Å². The van der Waals surface area contributed by atoms with E-state index >= 15 is 0 Å². The summed E-state index contributed by atoms with van der Waals surface area (Å²) < 4.78 is 9.51. The van der Waals surface area contributed by atoms with Gasteiger partial charge in [-0.1, -0.05) is 5.16 Å². The van der Waals surface area contributed by atoms with E-state index in [-0.39, 0.29) is 12.5 Å². The Morgan fingerprint density at radius 1 is 1.80 bits per heavy atom. The van der Waals surface area contributed by atoms with Crippen LogP contribution in [0.15, 0.2) is 10.9 Å². The molecule has 15 heavy (non-hydrogen) atoms. The lowest BCUT2D eigenvalue weighted by Gasteiger charge is -2.09. The highest BCUT2D eigenvalue weighted by Gasteiger charge is 2.12. The molecule has 1 heterocycles. The van der Waals surface area contributed by atoms with Gasteiger partial charge in [-0.05, 0) is 0 Å². The first-order chi connectivity index (χ1) is 7.24. The first-order valence-corrected chi connectivity index (χ1v) is 4.52. The fraction of sp³-hybridized carbons (Fsp3) is 0.625. The first-order valence-electron chi connectivity index (χ1n) is 4.52. The highest BCUT2D eigenvalue weighted by Crippen LogP contribution is 1.90. The molecule has 7 nitrogen and oxygen atoms in total. The Balaban J connectivity index is 2.17. The van der Waals surface area contributed by atoms with Crippen molar-refractivity contribution >= 4 is 5.91 Å². The maximum absolute atomic E-state index is 11.3. The van der Waals surface area contributed by atoms with E-state index in [1.807, 2.05) is 0 Å². The standard InChI is InChI=1S/C8H14N4O3/c1-14-4-6(9)8(13)10-3-2-7-11-5-12-15-7/h5-6H,2-4,9H2,1H3,(H,10,13). The molecule has 7 heteroatoms.